The monoisotopic (exact) mass is 310 g/mol. The SMILES string of the molecule is CNc1nc2ccc(N3CC(N(C)S(C)(=O)=O)C3)cn2n1. The average Bonchev–Trinajstić information content (AvgIpc) is 2.78. The van der Waals surface area contributed by atoms with Gasteiger partial charge in [0.2, 0.25) is 16.0 Å². The van der Waals surface area contributed by atoms with Gasteiger partial charge in [-0.3, -0.25) is 0 Å². The lowest BCUT2D eigenvalue weighted by atomic mass is 10.1. The number of nitrogens with one attached hydrogen (secondary N) is 1. The van der Waals surface area contributed by atoms with E-state index >= 15 is 0 Å². The van der Waals surface area contributed by atoms with Crippen LogP contribution in [0.25, 0.3) is 5.65 Å². The summed E-state index contributed by atoms with van der Waals surface area (Å²) in [6.07, 6.45) is 3.14. The molecule has 0 spiro atoms. The molecule has 2 aromatic heterocycles. The van der Waals surface area contributed by atoms with E-state index in [9.17, 15) is 8.42 Å². The lowest BCUT2D eigenvalue weighted by Gasteiger charge is -2.44. The lowest BCUT2D eigenvalue weighted by molar-refractivity contribution is 0.312. The van der Waals surface area contributed by atoms with E-state index in [1.807, 2.05) is 18.3 Å². The molecule has 2 aromatic rings. The fourth-order valence-electron chi connectivity index (χ4n) is 2.33. The van der Waals surface area contributed by atoms with E-state index in [0.29, 0.717) is 19.0 Å². The summed E-state index contributed by atoms with van der Waals surface area (Å²) in [6, 6.07) is 3.90. The van der Waals surface area contributed by atoms with Crippen molar-refractivity contribution < 1.29 is 8.42 Å². The molecule has 1 N–H and O–H groups in total. The topological polar surface area (TPSA) is 82.8 Å². The van der Waals surface area contributed by atoms with Crippen molar-refractivity contribution in [3.05, 3.63) is 18.3 Å². The van der Waals surface area contributed by atoms with Gasteiger partial charge in [-0.2, -0.15) is 9.29 Å². The highest BCUT2D eigenvalue weighted by Crippen LogP contribution is 2.24. The van der Waals surface area contributed by atoms with Crippen LogP contribution in [0.5, 0.6) is 0 Å². The zero-order valence-electron chi connectivity index (χ0n) is 12.2. The van der Waals surface area contributed by atoms with Crippen molar-refractivity contribution in [2.45, 2.75) is 6.04 Å². The Labute approximate surface area is 123 Å². The molecule has 3 heterocycles. The minimum atomic E-state index is -3.13. The minimum absolute atomic E-state index is 0.0271. The molecule has 0 saturated carbocycles. The van der Waals surface area contributed by atoms with Crippen LogP contribution in [0.2, 0.25) is 0 Å². The van der Waals surface area contributed by atoms with Gasteiger partial charge in [-0.05, 0) is 12.1 Å². The standard InChI is InChI=1S/C12H18N6O2S/c1-13-12-14-11-5-4-9(8-18(11)15-12)17-6-10(7-17)16(2)21(3,19)20/h4-5,8,10H,6-7H2,1-3H3,(H,13,15). The normalized spacial score (nSPS) is 16.5. The third kappa shape index (κ3) is 2.54. The maximum atomic E-state index is 11.5. The van der Waals surface area contributed by atoms with Gasteiger partial charge in [0.05, 0.1) is 24.2 Å². The molecule has 0 amide bonds. The number of anilines is 2. The summed E-state index contributed by atoms with van der Waals surface area (Å²) < 4.78 is 26.1. The second-order valence-electron chi connectivity index (χ2n) is 5.21. The molecule has 1 saturated heterocycles. The van der Waals surface area contributed by atoms with Crippen molar-refractivity contribution in [2.24, 2.45) is 0 Å². The highest BCUT2D eigenvalue weighted by atomic mass is 32.2. The van der Waals surface area contributed by atoms with Crippen LogP contribution >= 0.6 is 0 Å². The molecule has 0 unspecified atom stereocenters. The van der Waals surface area contributed by atoms with Crippen LogP contribution in [-0.2, 0) is 10.0 Å². The summed E-state index contributed by atoms with van der Waals surface area (Å²) in [7, 11) is 0.264. The quantitative estimate of drug-likeness (QED) is 0.846. The molecule has 1 fully saturated rings. The van der Waals surface area contributed by atoms with E-state index in [-0.39, 0.29) is 6.04 Å². The molecule has 0 bridgehead atoms. The Morgan fingerprint density at radius 2 is 2.10 bits per heavy atom. The van der Waals surface area contributed by atoms with Gasteiger partial charge in [-0.15, -0.1) is 5.10 Å². The lowest BCUT2D eigenvalue weighted by Crippen LogP contribution is -2.59. The van der Waals surface area contributed by atoms with E-state index < -0.39 is 10.0 Å². The predicted molar refractivity (Wildman–Crippen MR) is 81.1 cm³/mol. The number of likely N-dealkylation sites (N-methyl/N-ethyl adjacent to an activating group) is 1. The molecule has 114 valence electrons. The molecule has 0 aromatic carbocycles. The molecule has 8 nitrogen and oxygen atoms in total. The number of fused-ring (bicyclic) bond motifs is 1. The summed E-state index contributed by atoms with van der Waals surface area (Å²) in [4.78, 5) is 6.40. The number of hydrogen-bond acceptors (Lipinski definition) is 6. The molecule has 0 atom stereocenters. The third-order valence-electron chi connectivity index (χ3n) is 3.80. The van der Waals surface area contributed by atoms with Crippen molar-refractivity contribution in [3.63, 3.8) is 0 Å². The van der Waals surface area contributed by atoms with E-state index in [1.165, 1.54) is 10.6 Å². The smallest absolute Gasteiger partial charge is 0.242 e. The molecule has 21 heavy (non-hydrogen) atoms. The van der Waals surface area contributed by atoms with E-state index in [2.05, 4.69) is 20.3 Å². The van der Waals surface area contributed by atoms with Crippen LogP contribution in [0.3, 0.4) is 0 Å². The van der Waals surface area contributed by atoms with Crippen LogP contribution in [0, 0.1) is 0 Å². The minimum Gasteiger partial charge on any atom is -0.367 e. The number of pyridine rings is 1. The van der Waals surface area contributed by atoms with Crippen LogP contribution < -0.4 is 10.2 Å². The van der Waals surface area contributed by atoms with Crippen LogP contribution in [0.4, 0.5) is 11.6 Å². The average molecular weight is 310 g/mol. The Morgan fingerprint density at radius 1 is 1.38 bits per heavy atom. The van der Waals surface area contributed by atoms with Gasteiger partial charge < -0.3 is 10.2 Å². The first-order valence-electron chi connectivity index (χ1n) is 6.60. The fraction of sp³-hybridized carbons (Fsp3) is 0.500. The molecule has 1 aliphatic rings. The highest BCUT2D eigenvalue weighted by Gasteiger charge is 2.34. The molecule has 0 radical (unpaired) electrons. The molecule has 1 aliphatic heterocycles. The maximum Gasteiger partial charge on any atom is 0.242 e. The number of rotatable bonds is 4. The van der Waals surface area contributed by atoms with Crippen LogP contribution in [-0.4, -0.2) is 66.8 Å². The Kier molecular flexibility index (Phi) is 3.25. The third-order valence-corrected chi connectivity index (χ3v) is 5.15. The van der Waals surface area contributed by atoms with E-state index in [1.54, 1.807) is 18.6 Å². The summed E-state index contributed by atoms with van der Waals surface area (Å²) in [5.74, 6) is 0.574. The first-order chi connectivity index (χ1) is 9.88. The van der Waals surface area contributed by atoms with Gasteiger partial charge in [-0.25, -0.2) is 12.9 Å². The van der Waals surface area contributed by atoms with Crippen LogP contribution in [0.15, 0.2) is 18.3 Å². The second kappa shape index (κ2) is 4.85. The molecule has 3 rings (SSSR count). The van der Waals surface area contributed by atoms with Crippen molar-refractivity contribution in [3.8, 4) is 0 Å². The number of aromatic nitrogens is 3. The van der Waals surface area contributed by atoms with Crippen molar-refractivity contribution in [1.29, 1.82) is 0 Å². The summed E-state index contributed by atoms with van der Waals surface area (Å²) >= 11 is 0. The number of nitrogens with zero attached hydrogens (tertiary/aromatic N) is 5. The Bertz CT molecular complexity index is 765. The zero-order chi connectivity index (χ0) is 15.2. The zero-order valence-corrected chi connectivity index (χ0v) is 13.0. The molecule has 0 aliphatic carbocycles. The number of sulfonamides is 1. The molecular formula is C12H18N6O2S. The highest BCUT2D eigenvalue weighted by molar-refractivity contribution is 7.88. The first-order valence-corrected chi connectivity index (χ1v) is 8.45. The van der Waals surface area contributed by atoms with Crippen molar-refractivity contribution in [2.75, 3.05) is 43.7 Å². The maximum absolute atomic E-state index is 11.5. The Balaban J connectivity index is 1.75. The van der Waals surface area contributed by atoms with E-state index in [0.717, 1.165) is 11.3 Å². The van der Waals surface area contributed by atoms with Crippen molar-refractivity contribution in [1.82, 2.24) is 18.9 Å². The summed E-state index contributed by atoms with van der Waals surface area (Å²) in [5.41, 5.74) is 1.78. The van der Waals surface area contributed by atoms with Crippen molar-refractivity contribution >= 4 is 27.3 Å². The predicted octanol–water partition coefficient (Wildman–Crippen LogP) is -0.149. The van der Waals surface area contributed by atoms with Gasteiger partial charge >= 0.3 is 0 Å². The second-order valence-corrected chi connectivity index (χ2v) is 7.26. The van der Waals surface area contributed by atoms with Gasteiger partial charge in [-0.1, -0.05) is 0 Å². The summed E-state index contributed by atoms with van der Waals surface area (Å²) in [5, 5.41) is 7.19. The largest absolute Gasteiger partial charge is 0.367 e. The van der Waals surface area contributed by atoms with Gasteiger partial charge in [0.1, 0.15) is 0 Å². The Morgan fingerprint density at radius 3 is 2.71 bits per heavy atom. The van der Waals surface area contributed by atoms with Gasteiger partial charge in [0.25, 0.3) is 0 Å². The fourth-order valence-corrected chi connectivity index (χ4v) is 3.01. The Hall–Kier alpha value is -1.87. The van der Waals surface area contributed by atoms with E-state index in [4.69, 9.17) is 0 Å². The summed E-state index contributed by atoms with van der Waals surface area (Å²) in [6.45, 7) is 1.37. The first kappa shape index (κ1) is 14.1. The molecule has 9 heteroatoms. The van der Waals surface area contributed by atoms with Crippen LogP contribution in [0.1, 0.15) is 0 Å². The van der Waals surface area contributed by atoms with Gasteiger partial charge in [0, 0.05) is 27.2 Å². The van der Waals surface area contributed by atoms with Gasteiger partial charge in [0.15, 0.2) is 5.65 Å². The number of hydrogen-bond donors (Lipinski definition) is 1. The molecular weight excluding hydrogens is 292 g/mol.